The molecule has 0 bridgehead atoms. The van der Waals surface area contributed by atoms with E-state index in [9.17, 15) is 4.79 Å². The summed E-state index contributed by atoms with van der Waals surface area (Å²) >= 11 is 0. The number of aliphatic hydroxyl groups is 1. The largest absolute Gasteiger partial charge is 0.512 e. The quantitative estimate of drug-likeness (QED) is 0.388. The number of rotatable bonds is 1. The van der Waals surface area contributed by atoms with E-state index in [2.05, 4.69) is 0 Å². The zero-order valence-corrected chi connectivity index (χ0v) is 6.24. The first-order valence-electron chi connectivity index (χ1n) is 2.66. The molecule has 5 heteroatoms. The minimum Gasteiger partial charge on any atom is -0.512 e. The maximum atomic E-state index is 9.57. The Hall–Kier alpha value is -1.52. The number of hydrogen-bond donors (Lipinski definition) is 3. The molecule has 5 nitrogen and oxygen atoms in total. The van der Waals surface area contributed by atoms with Crippen molar-refractivity contribution in [3.63, 3.8) is 0 Å². The average molecular weight is 162 g/mol. The molecule has 0 saturated carbocycles. The van der Waals surface area contributed by atoms with Crippen molar-refractivity contribution >= 4 is 11.9 Å². The molecule has 0 rings (SSSR count). The summed E-state index contributed by atoms with van der Waals surface area (Å²) in [5.41, 5.74) is 0. The minimum absolute atomic E-state index is 0.187. The van der Waals surface area contributed by atoms with Gasteiger partial charge in [0.05, 0.1) is 11.8 Å². The Kier molecular flexibility index (Phi) is 7.31. The van der Waals surface area contributed by atoms with E-state index in [1.54, 1.807) is 0 Å². The third kappa shape index (κ3) is 57.9. The molecule has 0 spiro atoms. The molecule has 0 aliphatic rings. The van der Waals surface area contributed by atoms with E-state index in [0.29, 0.717) is 0 Å². The van der Waals surface area contributed by atoms with Crippen LogP contribution in [0.1, 0.15) is 13.8 Å². The molecule has 0 aromatic heterocycles. The summed E-state index contributed by atoms with van der Waals surface area (Å²) in [6, 6.07) is 0. The summed E-state index contributed by atoms with van der Waals surface area (Å²) in [6.45, 7) is 2.38. The van der Waals surface area contributed by atoms with Gasteiger partial charge < -0.3 is 15.3 Å². The van der Waals surface area contributed by atoms with Gasteiger partial charge in [0.1, 0.15) is 0 Å². The number of aliphatic hydroxyl groups excluding tert-OH is 1. The van der Waals surface area contributed by atoms with E-state index in [4.69, 9.17) is 20.1 Å². The number of hydrogen-bond acceptors (Lipinski definition) is 3. The second-order valence-electron chi connectivity index (χ2n) is 1.64. The van der Waals surface area contributed by atoms with Crippen molar-refractivity contribution in [1.29, 1.82) is 0 Å². The predicted molar refractivity (Wildman–Crippen MR) is 37.3 cm³/mol. The molecule has 0 amide bonds. The highest BCUT2D eigenvalue weighted by atomic mass is 16.4. The smallest absolute Gasteiger partial charge is 0.331 e. The normalized spacial score (nSPS) is 9.45. The Morgan fingerprint density at radius 3 is 1.36 bits per heavy atom. The summed E-state index contributed by atoms with van der Waals surface area (Å²) in [5, 5.41) is 23.5. The predicted octanol–water partition coefficient (Wildman–Crippen LogP) is 0.624. The lowest BCUT2D eigenvalue weighted by Crippen LogP contribution is -1.87. The third-order valence-electron chi connectivity index (χ3n) is 0.332. The van der Waals surface area contributed by atoms with E-state index in [1.165, 1.54) is 6.92 Å². The molecule has 0 aliphatic carbocycles. The zero-order valence-electron chi connectivity index (χ0n) is 6.24. The van der Waals surface area contributed by atoms with Gasteiger partial charge in [-0.2, -0.15) is 0 Å². The van der Waals surface area contributed by atoms with Crippen LogP contribution in [0.2, 0.25) is 0 Å². The van der Waals surface area contributed by atoms with Crippen LogP contribution in [0, 0.1) is 0 Å². The molecular weight excluding hydrogens is 152 g/mol. The van der Waals surface area contributed by atoms with Crippen LogP contribution in [-0.4, -0.2) is 27.3 Å². The van der Waals surface area contributed by atoms with Crippen molar-refractivity contribution in [2.45, 2.75) is 13.8 Å². The molecule has 0 unspecified atom stereocenters. The van der Waals surface area contributed by atoms with Gasteiger partial charge in [-0.1, -0.05) is 0 Å². The number of aliphatic carboxylic acids is 2. The van der Waals surface area contributed by atoms with Crippen LogP contribution >= 0.6 is 0 Å². The van der Waals surface area contributed by atoms with Gasteiger partial charge in [0.2, 0.25) is 0 Å². The fourth-order valence-electron chi connectivity index (χ4n) is 0.179. The first-order chi connectivity index (χ1) is 4.86. The molecule has 0 aromatic carbocycles. The highest BCUT2D eigenvalue weighted by Crippen LogP contribution is 1.80. The van der Waals surface area contributed by atoms with Gasteiger partial charge in [0.15, 0.2) is 0 Å². The van der Waals surface area contributed by atoms with E-state index in [-0.39, 0.29) is 5.76 Å². The van der Waals surface area contributed by atoms with Crippen LogP contribution in [0.25, 0.3) is 0 Å². The number of carbonyl (C=O) groups is 2. The molecule has 0 aromatic rings. The maximum absolute atomic E-state index is 9.57. The van der Waals surface area contributed by atoms with Crippen LogP contribution in [0.5, 0.6) is 0 Å². The van der Waals surface area contributed by atoms with Crippen LogP contribution in [-0.2, 0) is 9.59 Å². The Labute approximate surface area is 63.6 Å². The van der Waals surface area contributed by atoms with Crippen molar-refractivity contribution in [2.24, 2.45) is 0 Å². The molecule has 0 fully saturated rings. The van der Waals surface area contributed by atoms with Crippen LogP contribution in [0.15, 0.2) is 11.8 Å². The summed E-state index contributed by atoms with van der Waals surface area (Å²) in [7, 11) is 0. The van der Waals surface area contributed by atoms with E-state index >= 15 is 0 Å². The molecular formula is C6H10O5. The number of carboxylic acids is 2. The van der Waals surface area contributed by atoms with E-state index in [1.807, 2.05) is 0 Å². The molecule has 0 aliphatic heterocycles. The molecule has 0 radical (unpaired) electrons. The monoisotopic (exact) mass is 162 g/mol. The van der Waals surface area contributed by atoms with Gasteiger partial charge in [-0.3, -0.25) is 4.79 Å². The first-order valence-corrected chi connectivity index (χ1v) is 2.66. The van der Waals surface area contributed by atoms with Crippen molar-refractivity contribution in [3.8, 4) is 0 Å². The SMILES string of the molecule is CC(=O)O.CC(O)=CC(=O)O. The molecule has 0 heterocycles. The molecule has 0 saturated heterocycles. The van der Waals surface area contributed by atoms with Gasteiger partial charge in [-0.15, -0.1) is 0 Å². The second-order valence-corrected chi connectivity index (χ2v) is 1.64. The highest BCUT2D eigenvalue weighted by Gasteiger charge is 1.86. The van der Waals surface area contributed by atoms with Gasteiger partial charge in [0.25, 0.3) is 5.97 Å². The minimum atomic E-state index is -1.12. The van der Waals surface area contributed by atoms with Crippen LogP contribution < -0.4 is 0 Å². The lowest BCUT2D eigenvalue weighted by molar-refractivity contribution is -0.134. The summed E-state index contributed by atoms with van der Waals surface area (Å²) in [4.78, 5) is 18.6. The fourth-order valence-corrected chi connectivity index (χ4v) is 0.179. The van der Waals surface area contributed by atoms with Gasteiger partial charge in [-0.25, -0.2) is 4.79 Å². The lowest BCUT2D eigenvalue weighted by Gasteiger charge is -1.79. The summed E-state index contributed by atoms with van der Waals surface area (Å²) in [5.74, 6) is -2.15. The first kappa shape index (κ1) is 12.2. The van der Waals surface area contributed by atoms with Gasteiger partial charge >= 0.3 is 5.97 Å². The van der Waals surface area contributed by atoms with Crippen molar-refractivity contribution in [1.82, 2.24) is 0 Å². The Bertz CT molecular complexity index is 162. The molecule has 3 N–H and O–H groups in total. The van der Waals surface area contributed by atoms with E-state index in [0.717, 1.165) is 13.0 Å². The van der Waals surface area contributed by atoms with Crippen molar-refractivity contribution in [3.05, 3.63) is 11.8 Å². The second kappa shape index (κ2) is 6.60. The lowest BCUT2D eigenvalue weighted by atomic mass is 10.5. The summed E-state index contributed by atoms with van der Waals surface area (Å²) < 4.78 is 0. The fraction of sp³-hybridized carbons (Fsp3) is 0.333. The molecule has 64 valence electrons. The summed E-state index contributed by atoms with van der Waals surface area (Å²) in [6.07, 6.45) is 0.722. The third-order valence-corrected chi connectivity index (χ3v) is 0.332. The van der Waals surface area contributed by atoms with Crippen LogP contribution in [0.3, 0.4) is 0 Å². The topological polar surface area (TPSA) is 94.8 Å². The highest BCUT2D eigenvalue weighted by molar-refractivity contribution is 5.80. The maximum Gasteiger partial charge on any atom is 0.331 e. The van der Waals surface area contributed by atoms with Gasteiger partial charge in [-0.05, 0) is 6.92 Å². The molecule has 11 heavy (non-hydrogen) atoms. The standard InChI is InChI=1S/C4H6O3.C2H4O2/c1-3(5)2-4(6)7;1-2(3)4/h2,5H,1H3,(H,6,7);1H3,(H,3,4). The van der Waals surface area contributed by atoms with Crippen LogP contribution in [0.4, 0.5) is 0 Å². The Morgan fingerprint density at radius 1 is 1.09 bits per heavy atom. The number of allylic oxidation sites excluding steroid dienone is 1. The van der Waals surface area contributed by atoms with Gasteiger partial charge in [0, 0.05) is 6.92 Å². The van der Waals surface area contributed by atoms with Crippen molar-refractivity contribution in [2.75, 3.05) is 0 Å². The Morgan fingerprint density at radius 2 is 1.36 bits per heavy atom. The van der Waals surface area contributed by atoms with Crippen molar-refractivity contribution < 1.29 is 24.9 Å². The van der Waals surface area contributed by atoms with E-state index < -0.39 is 11.9 Å². The number of carboxylic acid groups (broad SMARTS) is 2. The molecule has 0 atom stereocenters. The average Bonchev–Trinajstić information content (AvgIpc) is 1.56. The zero-order chi connectivity index (χ0) is 9.44. The Balaban J connectivity index is 0.